The normalized spacial score (nSPS) is 11.8. The van der Waals surface area contributed by atoms with Gasteiger partial charge in [0.2, 0.25) is 0 Å². The Morgan fingerprint density at radius 2 is 1.88 bits per heavy atom. The van der Waals surface area contributed by atoms with Crippen LogP contribution < -0.4 is 10.6 Å². The highest BCUT2D eigenvalue weighted by molar-refractivity contribution is 5.81. The molecule has 17 heavy (non-hydrogen) atoms. The molecular weight excluding hydrogens is 228 g/mol. The van der Waals surface area contributed by atoms with Crippen LogP contribution in [0, 0.1) is 5.92 Å². The molecule has 0 spiro atoms. The number of rotatable bonds is 6. The van der Waals surface area contributed by atoms with Crippen molar-refractivity contribution in [1.82, 2.24) is 10.6 Å². The predicted octanol–water partition coefficient (Wildman–Crippen LogP) is -0.0421. The highest BCUT2D eigenvalue weighted by Crippen LogP contribution is 2.05. The van der Waals surface area contributed by atoms with Gasteiger partial charge in [-0.2, -0.15) is 0 Å². The number of carboxylic acids is 1. The summed E-state index contributed by atoms with van der Waals surface area (Å²) in [7, 11) is 1.21. The summed E-state index contributed by atoms with van der Waals surface area (Å²) in [6, 6.07) is -1.07. The van der Waals surface area contributed by atoms with Gasteiger partial charge in [0.1, 0.15) is 6.54 Å². The van der Waals surface area contributed by atoms with Gasteiger partial charge in [0.05, 0.1) is 13.5 Å². The lowest BCUT2D eigenvalue weighted by atomic mass is 10.0. The van der Waals surface area contributed by atoms with E-state index in [9.17, 15) is 14.4 Å². The Balaban J connectivity index is 4.12. The third kappa shape index (κ3) is 7.15. The van der Waals surface area contributed by atoms with Crippen molar-refractivity contribution in [2.24, 2.45) is 5.92 Å². The summed E-state index contributed by atoms with van der Waals surface area (Å²) in [4.78, 5) is 32.7. The molecule has 98 valence electrons. The van der Waals surface area contributed by atoms with Crippen LogP contribution in [0.4, 0.5) is 4.79 Å². The Kier molecular flexibility index (Phi) is 6.69. The quantitative estimate of drug-likeness (QED) is 0.570. The van der Waals surface area contributed by atoms with E-state index in [4.69, 9.17) is 5.11 Å². The second kappa shape index (κ2) is 7.48. The van der Waals surface area contributed by atoms with Crippen molar-refractivity contribution in [3.63, 3.8) is 0 Å². The van der Waals surface area contributed by atoms with Crippen LogP contribution in [0.25, 0.3) is 0 Å². The third-order valence-electron chi connectivity index (χ3n) is 2.14. The van der Waals surface area contributed by atoms with E-state index in [1.807, 2.05) is 0 Å². The Hall–Kier alpha value is -1.79. The number of hydrogen-bond acceptors (Lipinski definition) is 4. The first-order valence-corrected chi connectivity index (χ1v) is 5.19. The molecule has 0 saturated carbocycles. The molecule has 0 aromatic carbocycles. The molecule has 7 heteroatoms. The van der Waals surface area contributed by atoms with Gasteiger partial charge in [-0.15, -0.1) is 0 Å². The fraction of sp³-hybridized carbons (Fsp3) is 0.700. The second-order valence-electron chi connectivity index (χ2n) is 3.85. The molecule has 0 aromatic heterocycles. The molecule has 1 unspecified atom stereocenters. The monoisotopic (exact) mass is 246 g/mol. The van der Waals surface area contributed by atoms with Crippen LogP contribution >= 0.6 is 0 Å². The topological polar surface area (TPSA) is 105 Å². The lowest BCUT2D eigenvalue weighted by molar-refractivity contribution is -0.139. The lowest BCUT2D eigenvalue weighted by Crippen LogP contribution is -2.46. The molecule has 0 fully saturated rings. The van der Waals surface area contributed by atoms with Crippen LogP contribution in [0.3, 0.4) is 0 Å². The Bertz CT molecular complexity index is 290. The first-order chi connectivity index (χ1) is 7.86. The summed E-state index contributed by atoms with van der Waals surface area (Å²) in [6.07, 6.45) is -0.163. The van der Waals surface area contributed by atoms with Crippen LogP contribution in [0.2, 0.25) is 0 Å². The van der Waals surface area contributed by atoms with Gasteiger partial charge in [-0.1, -0.05) is 13.8 Å². The van der Waals surface area contributed by atoms with Crippen LogP contribution in [0.5, 0.6) is 0 Å². The maximum atomic E-state index is 11.3. The molecule has 2 amide bonds. The number of urea groups is 1. The van der Waals surface area contributed by atoms with E-state index >= 15 is 0 Å². The van der Waals surface area contributed by atoms with E-state index in [0.29, 0.717) is 0 Å². The minimum atomic E-state index is -0.989. The van der Waals surface area contributed by atoms with Gasteiger partial charge in [0.25, 0.3) is 0 Å². The van der Waals surface area contributed by atoms with Gasteiger partial charge in [-0.05, 0) is 5.92 Å². The van der Waals surface area contributed by atoms with Crippen molar-refractivity contribution in [3.8, 4) is 0 Å². The van der Waals surface area contributed by atoms with Gasteiger partial charge in [-0.3, -0.25) is 9.59 Å². The largest absolute Gasteiger partial charge is 0.481 e. The number of carbonyl (C=O) groups is 3. The van der Waals surface area contributed by atoms with Crippen molar-refractivity contribution in [2.45, 2.75) is 26.3 Å². The average molecular weight is 246 g/mol. The van der Waals surface area contributed by atoms with E-state index in [0.717, 1.165) is 0 Å². The molecule has 1 atom stereocenters. The summed E-state index contributed by atoms with van der Waals surface area (Å²) in [5.74, 6) is -1.58. The van der Waals surface area contributed by atoms with Crippen molar-refractivity contribution >= 4 is 18.0 Å². The number of nitrogens with one attached hydrogen (secondary N) is 2. The molecule has 3 N–H and O–H groups in total. The van der Waals surface area contributed by atoms with Crippen molar-refractivity contribution in [2.75, 3.05) is 13.7 Å². The predicted molar refractivity (Wildman–Crippen MR) is 59.4 cm³/mol. The molecule has 0 radical (unpaired) electrons. The summed E-state index contributed by atoms with van der Waals surface area (Å²) in [5, 5.41) is 13.4. The molecule has 0 aliphatic heterocycles. The number of aliphatic carboxylic acids is 1. The molecule has 0 rings (SSSR count). The second-order valence-corrected chi connectivity index (χ2v) is 3.85. The molecular formula is C10H18N2O5. The number of methoxy groups -OCH3 is 1. The number of amides is 2. The van der Waals surface area contributed by atoms with E-state index < -0.39 is 24.0 Å². The Labute approximate surface area is 99.5 Å². The van der Waals surface area contributed by atoms with E-state index in [-0.39, 0.29) is 18.9 Å². The highest BCUT2D eigenvalue weighted by Gasteiger charge is 2.19. The summed E-state index contributed by atoms with van der Waals surface area (Å²) in [6.45, 7) is 3.35. The van der Waals surface area contributed by atoms with Crippen LogP contribution in [0.1, 0.15) is 20.3 Å². The van der Waals surface area contributed by atoms with Crippen LogP contribution in [-0.2, 0) is 14.3 Å². The maximum absolute atomic E-state index is 11.3. The van der Waals surface area contributed by atoms with Crippen LogP contribution in [0.15, 0.2) is 0 Å². The molecule has 0 saturated heterocycles. The standard InChI is InChI=1S/C10H18N2O5/c1-6(2)7(4-8(13)14)12-10(16)11-5-9(15)17-3/h6-7H,4-5H2,1-3H3,(H,13,14)(H2,11,12,16). The van der Waals surface area contributed by atoms with Gasteiger partial charge in [-0.25, -0.2) is 4.79 Å². The average Bonchev–Trinajstić information content (AvgIpc) is 2.24. The van der Waals surface area contributed by atoms with Gasteiger partial charge in [0.15, 0.2) is 0 Å². The smallest absolute Gasteiger partial charge is 0.325 e. The third-order valence-corrected chi connectivity index (χ3v) is 2.14. The van der Waals surface area contributed by atoms with Crippen molar-refractivity contribution in [3.05, 3.63) is 0 Å². The van der Waals surface area contributed by atoms with Gasteiger partial charge < -0.3 is 20.5 Å². The minimum Gasteiger partial charge on any atom is -0.481 e. The Morgan fingerprint density at radius 3 is 2.29 bits per heavy atom. The SMILES string of the molecule is COC(=O)CNC(=O)NC(CC(=O)O)C(C)C. The minimum absolute atomic E-state index is 0.0185. The molecule has 0 aliphatic rings. The lowest BCUT2D eigenvalue weighted by Gasteiger charge is -2.20. The molecule has 0 aromatic rings. The fourth-order valence-corrected chi connectivity index (χ4v) is 1.09. The number of ether oxygens (including phenoxy) is 1. The Morgan fingerprint density at radius 1 is 1.29 bits per heavy atom. The summed E-state index contributed by atoms with van der Waals surface area (Å²) >= 11 is 0. The molecule has 0 aliphatic carbocycles. The summed E-state index contributed by atoms with van der Waals surface area (Å²) < 4.78 is 4.34. The van der Waals surface area contributed by atoms with E-state index in [1.165, 1.54) is 7.11 Å². The van der Waals surface area contributed by atoms with E-state index in [1.54, 1.807) is 13.8 Å². The number of hydrogen-bond donors (Lipinski definition) is 3. The molecule has 0 bridgehead atoms. The maximum Gasteiger partial charge on any atom is 0.325 e. The first kappa shape index (κ1) is 15.2. The molecule has 0 heterocycles. The zero-order chi connectivity index (χ0) is 13.4. The highest BCUT2D eigenvalue weighted by atomic mass is 16.5. The van der Waals surface area contributed by atoms with Gasteiger partial charge >= 0.3 is 18.0 Å². The number of carbonyl (C=O) groups excluding carboxylic acids is 2. The van der Waals surface area contributed by atoms with Gasteiger partial charge in [0, 0.05) is 6.04 Å². The summed E-state index contributed by atoms with van der Waals surface area (Å²) in [5.41, 5.74) is 0. The van der Waals surface area contributed by atoms with Crippen molar-refractivity contribution < 1.29 is 24.2 Å². The number of esters is 1. The molecule has 7 nitrogen and oxygen atoms in total. The fourth-order valence-electron chi connectivity index (χ4n) is 1.09. The zero-order valence-electron chi connectivity index (χ0n) is 10.1. The number of carboxylic acid groups (broad SMARTS) is 1. The van der Waals surface area contributed by atoms with Crippen LogP contribution in [-0.4, -0.2) is 42.8 Å². The zero-order valence-corrected chi connectivity index (χ0v) is 10.1. The first-order valence-electron chi connectivity index (χ1n) is 5.19. The van der Waals surface area contributed by atoms with E-state index in [2.05, 4.69) is 15.4 Å². The van der Waals surface area contributed by atoms with Crippen molar-refractivity contribution in [1.29, 1.82) is 0 Å².